The van der Waals surface area contributed by atoms with Crippen LogP contribution in [0.1, 0.15) is 33.1 Å². The second-order valence-corrected chi connectivity index (χ2v) is 4.97. The van der Waals surface area contributed by atoms with Crippen LogP contribution in [0.4, 0.5) is 10.1 Å². The highest BCUT2D eigenvalue weighted by Gasteiger charge is 2.09. The molecule has 0 aliphatic rings. The first-order valence-corrected chi connectivity index (χ1v) is 6.98. The predicted octanol–water partition coefficient (Wildman–Crippen LogP) is 2.29. The zero-order valence-corrected chi connectivity index (χ0v) is 12.0. The fourth-order valence-electron chi connectivity index (χ4n) is 1.80. The van der Waals surface area contributed by atoms with Crippen molar-refractivity contribution in [3.63, 3.8) is 0 Å². The Morgan fingerprint density at radius 1 is 1.35 bits per heavy atom. The molecule has 0 aromatic heterocycles. The number of halogens is 1. The summed E-state index contributed by atoms with van der Waals surface area (Å²) < 4.78 is 12.7. The number of hydrogen-bond donors (Lipinski definition) is 3. The van der Waals surface area contributed by atoms with E-state index in [4.69, 9.17) is 0 Å². The summed E-state index contributed by atoms with van der Waals surface area (Å²) in [4.78, 5) is 11.8. The molecule has 0 heterocycles. The van der Waals surface area contributed by atoms with Crippen LogP contribution < -0.4 is 10.6 Å². The van der Waals surface area contributed by atoms with E-state index in [-0.39, 0.29) is 23.9 Å². The van der Waals surface area contributed by atoms with Gasteiger partial charge in [0.05, 0.1) is 6.10 Å². The quantitative estimate of drug-likeness (QED) is 0.685. The van der Waals surface area contributed by atoms with Gasteiger partial charge >= 0.3 is 0 Å². The molecule has 2 unspecified atom stereocenters. The van der Waals surface area contributed by atoms with Crippen molar-refractivity contribution in [1.29, 1.82) is 0 Å². The second-order valence-electron chi connectivity index (χ2n) is 4.97. The topological polar surface area (TPSA) is 61.4 Å². The van der Waals surface area contributed by atoms with Crippen LogP contribution in [0.5, 0.6) is 0 Å². The Balaban J connectivity index is 2.25. The monoisotopic (exact) mass is 282 g/mol. The summed E-state index contributed by atoms with van der Waals surface area (Å²) in [6.07, 6.45) is 1.46. The third kappa shape index (κ3) is 6.63. The predicted molar refractivity (Wildman–Crippen MR) is 78.0 cm³/mol. The number of nitrogens with one attached hydrogen (secondary N) is 2. The molecule has 5 heteroatoms. The van der Waals surface area contributed by atoms with E-state index < -0.39 is 0 Å². The average molecular weight is 282 g/mol. The Morgan fingerprint density at radius 2 is 2.00 bits per heavy atom. The van der Waals surface area contributed by atoms with Gasteiger partial charge in [-0.25, -0.2) is 4.39 Å². The van der Waals surface area contributed by atoms with Gasteiger partial charge in [0, 0.05) is 18.2 Å². The number of hydrogen-bond acceptors (Lipinski definition) is 3. The highest BCUT2D eigenvalue weighted by molar-refractivity contribution is 5.90. The molecule has 4 nitrogen and oxygen atoms in total. The summed E-state index contributed by atoms with van der Waals surface area (Å²) in [5.74, 6) is -0.444. The van der Waals surface area contributed by atoms with Crippen molar-refractivity contribution < 1.29 is 14.3 Å². The maximum absolute atomic E-state index is 12.7. The molecule has 0 saturated carbocycles. The number of aliphatic hydroxyl groups is 1. The molecule has 112 valence electrons. The van der Waals surface area contributed by atoms with Gasteiger partial charge in [0.15, 0.2) is 0 Å². The minimum absolute atomic E-state index is 0.0273. The zero-order valence-electron chi connectivity index (χ0n) is 12.0. The van der Waals surface area contributed by atoms with Gasteiger partial charge in [-0.1, -0.05) is 6.92 Å². The Labute approximate surface area is 119 Å². The highest BCUT2D eigenvalue weighted by Crippen LogP contribution is 2.09. The van der Waals surface area contributed by atoms with Crippen LogP contribution in [-0.4, -0.2) is 29.7 Å². The fourth-order valence-corrected chi connectivity index (χ4v) is 1.80. The molecule has 2 atom stereocenters. The molecular weight excluding hydrogens is 259 g/mol. The number of anilines is 1. The lowest BCUT2D eigenvalue weighted by atomic mass is 10.1. The van der Waals surface area contributed by atoms with Gasteiger partial charge < -0.3 is 15.7 Å². The van der Waals surface area contributed by atoms with E-state index in [0.717, 1.165) is 6.42 Å². The Morgan fingerprint density at radius 3 is 2.60 bits per heavy atom. The Kier molecular flexibility index (Phi) is 7.18. The summed E-state index contributed by atoms with van der Waals surface area (Å²) in [6.45, 7) is 4.53. The van der Waals surface area contributed by atoms with E-state index in [1.54, 1.807) is 0 Å². The van der Waals surface area contributed by atoms with E-state index in [1.807, 2.05) is 13.8 Å². The summed E-state index contributed by atoms with van der Waals surface area (Å²) in [5.41, 5.74) is 0.588. The van der Waals surface area contributed by atoms with Crippen LogP contribution in [-0.2, 0) is 4.79 Å². The molecule has 1 rings (SSSR count). The first kappa shape index (κ1) is 16.6. The van der Waals surface area contributed by atoms with Crippen molar-refractivity contribution in [1.82, 2.24) is 5.32 Å². The zero-order chi connectivity index (χ0) is 15.0. The van der Waals surface area contributed by atoms with Gasteiger partial charge in [-0.3, -0.25) is 4.79 Å². The van der Waals surface area contributed by atoms with Gasteiger partial charge in [0.25, 0.3) is 0 Å². The largest absolute Gasteiger partial charge is 0.393 e. The molecule has 0 radical (unpaired) electrons. The first-order chi connectivity index (χ1) is 9.51. The van der Waals surface area contributed by atoms with Crippen LogP contribution in [0.3, 0.4) is 0 Å². The molecular formula is C15H23FN2O2. The maximum Gasteiger partial charge on any atom is 0.225 e. The molecule has 3 N–H and O–H groups in total. The number of benzene rings is 1. The van der Waals surface area contributed by atoms with Gasteiger partial charge in [-0.15, -0.1) is 0 Å². The molecule has 0 bridgehead atoms. The second kappa shape index (κ2) is 8.66. The van der Waals surface area contributed by atoms with Gasteiger partial charge in [0.1, 0.15) is 5.82 Å². The Bertz CT molecular complexity index is 409. The van der Waals surface area contributed by atoms with Crippen LogP contribution in [0, 0.1) is 5.82 Å². The molecule has 1 aromatic rings. The smallest absolute Gasteiger partial charge is 0.225 e. The lowest BCUT2D eigenvalue weighted by Crippen LogP contribution is -2.32. The number of amides is 1. The minimum atomic E-state index is -0.326. The standard InChI is InChI=1S/C15H23FN2O2/c1-3-14(19)8-9-17-11(2)10-15(20)18-13-6-4-12(16)5-7-13/h4-7,11,14,17,19H,3,8-10H2,1-2H3,(H,18,20). The van der Waals surface area contributed by atoms with Gasteiger partial charge in [-0.2, -0.15) is 0 Å². The molecule has 0 spiro atoms. The molecule has 1 aromatic carbocycles. The summed E-state index contributed by atoms with van der Waals surface area (Å²) in [7, 11) is 0. The summed E-state index contributed by atoms with van der Waals surface area (Å²) >= 11 is 0. The van der Waals surface area contributed by atoms with Crippen LogP contribution in [0.2, 0.25) is 0 Å². The van der Waals surface area contributed by atoms with Crippen LogP contribution in [0.15, 0.2) is 24.3 Å². The van der Waals surface area contributed by atoms with E-state index >= 15 is 0 Å². The van der Waals surface area contributed by atoms with Crippen molar-refractivity contribution in [3.8, 4) is 0 Å². The fraction of sp³-hybridized carbons (Fsp3) is 0.533. The maximum atomic E-state index is 12.7. The van der Waals surface area contributed by atoms with Crippen LogP contribution >= 0.6 is 0 Å². The normalized spacial score (nSPS) is 13.8. The number of carbonyl (C=O) groups is 1. The number of aliphatic hydroxyl groups excluding tert-OH is 1. The van der Waals surface area contributed by atoms with E-state index in [9.17, 15) is 14.3 Å². The van der Waals surface area contributed by atoms with E-state index in [1.165, 1.54) is 24.3 Å². The van der Waals surface area contributed by atoms with Gasteiger partial charge in [-0.05, 0) is 50.6 Å². The minimum Gasteiger partial charge on any atom is -0.393 e. The van der Waals surface area contributed by atoms with Gasteiger partial charge in [0.2, 0.25) is 5.91 Å². The summed E-state index contributed by atoms with van der Waals surface area (Å²) in [6, 6.07) is 5.71. The molecule has 1 amide bonds. The third-order valence-corrected chi connectivity index (χ3v) is 3.06. The Hall–Kier alpha value is -1.46. The van der Waals surface area contributed by atoms with Crippen molar-refractivity contribution in [2.45, 2.75) is 45.3 Å². The number of carbonyl (C=O) groups excluding carboxylic acids is 1. The number of rotatable bonds is 8. The van der Waals surface area contributed by atoms with E-state index in [2.05, 4.69) is 10.6 Å². The van der Waals surface area contributed by atoms with Crippen LogP contribution in [0.25, 0.3) is 0 Å². The lowest BCUT2D eigenvalue weighted by Gasteiger charge is -2.15. The summed E-state index contributed by atoms with van der Waals surface area (Å²) in [5, 5.41) is 15.3. The van der Waals surface area contributed by atoms with Crippen molar-refractivity contribution >= 4 is 11.6 Å². The molecule has 0 aliphatic carbocycles. The first-order valence-electron chi connectivity index (χ1n) is 6.98. The highest BCUT2D eigenvalue weighted by atomic mass is 19.1. The third-order valence-electron chi connectivity index (χ3n) is 3.06. The molecule has 0 saturated heterocycles. The molecule has 0 aliphatic heterocycles. The SMILES string of the molecule is CCC(O)CCNC(C)CC(=O)Nc1ccc(F)cc1. The lowest BCUT2D eigenvalue weighted by molar-refractivity contribution is -0.116. The van der Waals surface area contributed by atoms with E-state index in [0.29, 0.717) is 25.1 Å². The molecule has 0 fully saturated rings. The molecule has 20 heavy (non-hydrogen) atoms. The average Bonchev–Trinajstić information content (AvgIpc) is 2.41. The van der Waals surface area contributed by atoms with Crippen molar-refractivity contribution in [3.05, 3.63) is 30.1 Å². The van der Waals surface area contributed by atoms with Crippen molar-refractivity contribution in [2.24, 2.45) is 0 Å². The van der Waals surface area contributed by atoms with Crippen molar-refractivity contribution in [2.75, 3.05) is 11.9 Å².